The molecule has 2 aliphatic rings. The fourth-order valence-corrected chi connectivity index (χ4v) is 7.20. The summed E-state index contributed by atoms with van der Waals surface area (Å²) in [4.78, 5) is 32.8. The normalized spacial score (nSPS) is 18.9. The number of hydrogen-bond donors (Lipinski definition) is 2. The zero-order chi connectivity index (χ0) is 30.5. The summed E-state index contributed by atoms with van der Waals surface area (Å²) < 4.78 is 46.9. The molecule has 2 unspecified atom stereocenters. The number of aliphatic hydroxyl groups is 1. The van der Waals surface area contributed by atoms with Crippen LogP contribution in [-0.4, -0.2) is 77.8 Å². The second-order valence-corrected chi connectivity index (χ2v) is 12.3. The third-order valence-corrected chi connectivity index (χ3v) is 9.77. The SMILES string of the molecule is CNC1Cc2ccc(-c3snc4c(=O)n(CC5(O)CCN(C(=O)CC(C(F)F)n6ccc(F)n6)CC5)cnc34)c(Cl)c2C1. The molecule has 1 saturated heterocycles. The van der Waals surface area contributed by atoms with E-state index in [1.165, 1.54) is 21.4 Å². The number of carbonyl (C=O) groups excluding carboxylic acids is 1. The van der Waals surface area contributed by atoms with Gasteiger partial charge in [0.2, 0.25) is 11.9 Å². The summed E-state index contributed by atoms with van der Waals surface area (Å²) in [6, 6.07) is 3.66. The maximum Gasteiger partial charge on any atom is 0.281 e. The van der Waals surface area contributed by atoms with E-state index in [-0.39, 0.29) is 38.0 Å². The van der Waals surface area contributed by atoms with Crippen LogP contribution in [0.2, 0.25) is 5.02 Å². The smallest absolute Gasteiger partial charge is 0.281 e. The second kappa shape index (κ2) is 11.6. The summed E-state index contributed by atoms with van der Waals surface area (Å²) in [5.41, 5.74) is 1.94. The van der Waals surface area contributed by atoms with E-state index in [1.807, 2.05) is 13.1 Å². The summed E-state index contributed by atoms with van der Waals surface area (Å²) in [7, 11) is 1.93. The summed E-state index contributed by atoms with van der Waals surface area (Å²) in [6.07, 6.45) is 0.931. The van der Waals surface area contributed by atoms with Gasteiger partial charge < -0.3 is 15.3 Å². The van der Waals surface area contributed by atoms with Crippen molar-refractivity contribution in [2.24, 2.45) is 0 Å². The summed E-state index contributed by atoms with van der Waals surface area (Å²) >= 11 is 7.97. The van der Waals surface area contributed by atoms with E-state index in [1.54, 1.807) is 0 Å². The molecule has 4 heterocycles. The number of likely N-dealkylation sites (tertiary alicyclic amines) is 1. The van der Waals surface area contributed by atoms with E-state index in [2.05, 4.69) is 25.8 Å². The van der Waals surface area contributed by atoms with E-state index in [9.17, 15) is 27.9 Å². The minimum atomic E-state index is -2.92. The van der Waals surface area contributed by atoms with E-state index < -0.39 is 41.9 Å². The van der Waals surface area contributed by atoms with Gasteiger partial charge in [-0.15, -0.1) is 5.10 Å². The van der Waals surface area contributed by atoms with Gasteiger partial charge in [-0.1, -0.05) is 23.7 Å². The van der Waals surface area contributed by atoms with Crippen molar-refractivity contribution in [3.8, 4) is 10.4 Å². The highest BCUT2D eigenvalue weighted by atomic mass is 35.5. The summed E-state index contributed by atoms with van der Waals surface area (Å²) in [5, 5.41) is 18.6. The molecule has 2 N–H and O–H groups in total. The zero-order valence-electron chi connectivity index (χ0n) is 23.1. The molecule has 2 atom stereocenters. The van der Waals surface area contributed by atoms with E-state index in [0.717, 1.165) is 52.4 Å². The van der Waals surface area contributed by atoms with Gasteiger partial charge in [-0.2, -0.15) is 8.76 Å². The van der Waals surface area contributed by atoms with Gasteiger partial charge in [0.1, 0.15) is 11.6 Å². The van der Waals surface area contributed by atoms with Crippen LogP contribution in [0.25, 0.3) is 21.5 Å². The van der Waals surface area contributed by atoms with Crippen LogP contribution >= 0.6 is 23.1 Å². The van der Waals surface area contributed by atoms with Crippen molar-refractivity contribution in [2.45, 2.75) is 62.8 Å². The molecular formula is C28H29ClF3N7O3S. The Morgan fingerprint density at radius 2 is 2.00 bits per heavy atom. The van der Waals surface area contributed by atoms with Crippen LogP contribution in [0.3, 0.4) is 0 Å². The Morgan fingerprint density at radius 1 is 1.23 bits per heavy atom. The van der Waals surface area contributed by atoms with Crippen LogP contribution in [-0.2, 0) is 24.2 Å². The molecule has 1 aliphatic heterocycles. The molecule has 228 valence electrons. The molecule has 1 aliphatic carbocycles. The van der Waals surface area contributed by atoms with Crippen LogP contribution < -0.4 is 10.9 Å². The van der Waals surface area contributed by atoms with Gasteiger partial charge in [0.15, 0.2) is 5.52 Å². The number of amides is 1. The first-order valence-electron chi connectivity index (χ1n) is 13.9. The van der Waals surface area contributed by atoms with Crippen LogP contribution in [0.1, 0.15) is 36.4 Å². The van der Waals surface area contributed by atoms with Crippen molar-refractivity contribution in [3.63, 3.8) is 0 Å². The van der Waals surface area contributed by atoms with Gasteiger partial charge in [0, 0.05) is 37.0 Å². The zero-order valence-corrected chi connectivity index (χ0v) is 24.7. The lowest BCUT2D eigenvalue weighted by Gasteiger charge is -2.38. The molecule has 1 fully saturated rings. The monoisotopic (exact) mass is 635 g/mol. The van der Waals surface area contributed by atoms with Gasteiger partial charge in [-0.05, 0) is 55.4 Å². The number of hydrogen-bond acceptors (Lipinski definition) is 8. The molecule has 0 saturated carbocycles. The molecule has 0 spiro atoms. The molecule has 0 radical (unpaired) electrons. The van der Waals surface area contributed by atoms with Gasteiger partial charge in [-0.25, -0.2) is 13.8 Å². The fraction of sp³-hybridized carbons (Fsp3) is 0.464. The lowest BCUT2D eigenvalue weighted by atomic mass is 9.91. The van der Waals surface area contributed by atoms with Crippen molar-refractivity contribution >= 4 is 40.1 Å². The highest BCUT2D eigenvalue weighted by Crippen LogP contribution is 2.40. The summed E-state index contributed by atoms with van der Waals surface area (Å²) in [6.45, 7) is 0.144. The van der Waals surface area contributed by atoms with Crippen molar-refractivity contribution < 1.29 is 23.1 Å². The standard InChI is InChI=1S/C28H29ClF3N7O3S/c1-33-16-10-15-2-3-17(22(29)18(15)11-16)25-23-24(36-43-25)27(41)38(14-34-23)13-28(42)5-8-37(9-6-28)21(40)12-19(26(31)32)39-7-4-20(30)35-39/h2-4,7,14,16,19,26,33,42H,5-6,8-13H2,1H3. The molecule has 4 aromatic rings. The first-order valence-corrected chi connectivity index (χ1v) is 15.0. The van der Waals surface area contributed by atoms with Gasteiger partial charge in [0.25, 0.3) is 12.0 Å². The quantitative estimate of drug-likeness (QED) is 0.305. The van der Waals surface area contributed by atoms with Crippen LogP contribution in [0.5, 0.6) is 0 Å². The Morgan fingerprint density at radius 3 is 2.67 bits per heavy atom. The Hall–Kier alpha value is -3.33. The van der Waals surface area contributed by atoms with Crippen molar-refractivity contribution in [3.05, 3.63) is 63.2 Å². The lowest BCUT2D eigenvalue weighted by Crippen LogP contribution is -2.50. The Bertz CT molecular complexity index is 1730. The van der Waals surface area contributed by atoms with Crippen molar-refractivity contribution in [2.75, 3.05) is 20.1 Å². The molecule has 10 nitrogen and oxygen atoms in total. The number of alkyl halides is 2. The van der Waals surface area contributed by atoms with Crippen LogP contribution in [0.4, 0.5) is 13.2 Å². The maximum absolute atomic E-state index is 13.6. The van der Waals surface area contributed by atoms with E-state index in [0.29, 0.717) is 21.5 Å². The summed E-state index contributed by atoms with van der Waals surface area (Å²) in [5.74, 6) is -1.46. The Labute approximate surface area is 253 Å². The largest absolute Gasteiger partial charge is 0.388 e. The molecular weight excluding hydrogens is 607 g/mol. The number of nitrogens with one attached hydrogen (secondary N) is 1. The van der Waals surface area contributed by atoms with E-state index >= 15 is 0 Å². The minimum absolute atomic E-state index is 0.0686. The number of piperidine rings is 1. The number of halogens is 4. The number of carbonyl (C=O) groups is 1. The van der Waals surface area contributed by atoms with Crippen LogP contribution in [0.15, 0.2) is 35.5 Å². The topological polar surface area (TPSA) is 118 Å². The average Bonchev–Trinajstić information content (AvgIpc) is 3.72. The lowest BCUT2D eigenvalue weighted by molar-refractivity contribution is -0.138. The maximum atomic E-state index is 13.6. The molecule has 0 bridgehead atoms. The first kappa shape index (κ1) is 29.7. The van der Waals surface area contributed by atoms with Crippen molar-refractivity contribution in [1.82, 2.24) is 33.9 Å². The minimum Gasteiger partial charge on any atom is -0.388 e. The Kier molecular flexibility index (Phi) is 8.05. The van der Waals surface area contributed by atoms with Gasteiger partial charge >= 0.3 is 0 Å². The Balaban J connectivity index is 1.15. The number of rotatable bonds is 8. The third-order valence-electron chi connectivity index (χ3n) is 8.47. The fourth-order valence-electron chi connectivity index (χ4n) is 5.94. The van der Waals surface area contributed by atoms with Crippen LogP contribution in [0, 0.1) is 5.95 Å². The first-order chi connectivity index (χ1) is 20.6. The number of fused-ring (bicyclic) bond motifs is 2. The second-order valence-electron chi connectivity index (χ2n) is 11.2. The predicted molar refractivity (Wildman–Crippen MR) is 155 cm³/mol. The average molecular weight is 636 g/mol. The highest BCUT2D eigenvalue weighted by molar-refractivity contribution is 7.11. The number of likely N-dealkylation sites (N-methyl/N-ethyl adjacent to an activating group) is 1. The highest BCUT2D eigenvalue weighted by Gasteiger charge is 2.37. The van der Waals surface area contributed by atoms with Gasteiger partial charge in [-0.3, -0.25) is 18.8 Å². The molecule has 3 aromatic heterocycles. The van der Waals surface area contributed by atoms with Gasteiger partial charge in [0.05, 0.1) is 34.8 Å². The third kappa shape index (κ3) is 5.68. The number of nitrogens with zero attached hydrogens (tertiary/aromatic N) is 6. The van der Waals surface area contributed by atoms with E-state index in [4.69, 9.17) is 11.6 Å². The molecule has 15 heteroatoms. The molecule has 43 heavy (non-hydrogen) atoms. The number of benzene rings is 1. The molecule has 1 amide bonds. The number of aromatic nitrogens is 5. The molecule has 1 aromatic carbocycles. The van der Waals surface area contributed by atoms with Crippen molar-refractivity contribution in [1.29, 1.82) is 0 Å². The predicted octanol–water partition coefficient (Wildman–Crippen LogP) is 3.45. The molecule has 6 rings (SSSR count).